The summed E-state index contributed by atoms with van der Waals surface area (Å²) in [6, 6.07) is 10.1. The summed E-state index contributed by atoms with van der Waals surface area (Å²) in [5, 5.41) is 11.2. The molecule has 0 radical (unpaired) electrons. The SMILES string of the molecule is N#CCn1c(Cc2cccs2)nc2cc3c(cc21)OCCO3. The lowest BCUT2D eigenvalue weighted by atomic mass is 10.2. The van der Waals surface area contributed by atoms with Crippen molar-refractivity contribution in [2.45, 2.75) is 13.0 Å². The molecule has 0 unspecified atom stereocenters. The van der Waals surface area contributed by atoms with Gasteiger partial charge in [0.2, 0.25) is 0 Å². The number of hydrogen-bond acceptors (Lipinski definition) is 5. The van der Waals surface area contributed by atoms with Crippen LogP contribution >= 0.6 is 11.3 Å². The van der Waals surface area contributed by atoms with E-state index in [1.807, 2.05) is 28.1 Å². The Kier molecular flexibility index (Phi) is 3.20. The summed E-state index contributed by atoms with van der Waals surface area (Å²) in [5.74, 6) is 2.34. The standard InChI is InChI=1S/C16H13N3O2S/c17-3-4-19-13-10-15-14(20-5-6-21-15)9-12(13)18-16(19)8-11-2-1-7-22-11/h1-2,7,9-10H,4-6,8H2. The molecule has 1 aliphatic heterocycles. The van der Waals surface area contributed by atoms with Gasteiger partial charge in [-0.2, -0.15) is 5.26 Å². The van der Waals surface area contributed by atoms with Gasteiger partial charge in [0.25, 0.3) is 0 Å². The van der Waals surface area contributed by atoms with Crippen LogP contribution in [0.2, 0.25) is 0 Å². The first-order chi connectivity index (χ1) is 10.8. The highest BCUT2D eigenvalue weighted by Crippen LogP contribution is 2.35. The van der Waals surface area contributed by atoms with Crippen molar-refractivity contribution in [3.05, 3.63) is 40.3 Å². The van der Waals surface area contributed by atoms with Crippen LogP contribution < -0.4 is 9.47 Å². The second-order valence-electron chi connectivity index (χ2n) is 5.01. The lowest BCUT2D eigenvalue weighted by Crippen LogP contribution is -2.15. The van der Waals surface area contributed by atoms with Gasteiger partial charge in [0.15, 0.2) is 11.5 Å². The molecule has 0 aliphatic carbocycles. The van der Waals surface area contributed by atoms with Crippen LogP contribution in [0.4, 0.5) is 0 Å². The Morgan fingerprint density at radius 2 is 2.09 bits per heavy atom. The number of ether oxygens (including phenoxy) is 2. The predicted molar refractivity (Wildman–Crippen MR) is 83.5 cm³/mol. The van der Waals surface area contributed by atoms with Crippen LogP contribution in [-0.4, -0.2) is 22.8 Å². The van der Waals surface area contributed by atoms with Gasteiger partial charge in [0.1, 0.15) is 25.6 Å². The number of benzene rings is 1. The quantitative estimate of drug-likeness (QED) is 0.746. The second-order valence-corrected chi connectivity index (χ2v) is 6.05. The average Bonchev–Trinajstić information content (AvgIpc) is 3.15. The number of rotatable bonds is 3. The summed E-state index contributed by atoms with van der Waals surface area (Å²) in [4.78, 5) is 5.93. The Morgan fingerprint density at radius 1 is 1.27 bits per heavy atom. The van der Waals surface area contributed by atoms with Crippen LogP contribution in [0.25, 0.3) is 11.0 Å². The molecule has 3 heterocycles. The normalized spacial score (nSPS) is 13.2. The van der Waals surface area contributed by atoms with Crippen LogP contribution in [0.5, 0.6) is 11.5 Å². The summed E-state index contributed by atoms with van der Waals surface area (Å²) in [5.41, 5.74) is 1.75. The van der Waals surface area contributed by atoms with E-state index >= 15 is 0 Å². The molecule has 3 aromatic rings. The van der Waals surface area contributed by atoms with E-state index in [0.29, 0.717) is 13.2 Å². The molecule has 0 saturated heterocycles. The summed E-state index contributed by atoms with van der Waals surface area (Å²) < 4.78 is 13.2. The molecule has 0 spiro atoms. The Labute approximate surface area is 131 Å². The van der Waals surface area contributed by atoms with E-state index < -0.39 is 0 Å². The van der Waals surface area contributed by atoms with Crippen LogP contribution in [0, 0.1) is 11.3 Å². The third-order valence-corrected chi connectivity index (χ3v) is 4.51. The average molecular weight is 311 g/mol. The fourth-order valence-electron chi connectivity index (χ4n) is 2.66. The summed E-state index contributed by atoms with van der Waals surface area (Å²) in [6.45, 7) is 1.38. The maximum absolute atomic E-state index is 9.13. The number of fused-ring (bicyclic) bond motifs is 2. The molecule has 4 rings (SSSR count). The molecule has 6 heteroatoms. The molecule has 5 nitrogen and oxygen atoms in total. The molecule has 0 N–H and O–H groups in total. The zero-order valence-electron chi connectivity index (χ0n) is 11.8. The minimum atomic E-state index is 0.275. The molecule has 0 saturated carbocycles. The highest BCUT2D eigenvalue weighted by Gasteiger charge is 2.18. The third-order valence-electron chi connectivity index (χ3n) is 3.63. The maximum Gasteiger partial charge on any atom is 0.163 e. The number of aromatic nitrogens is 2. The maximum atomic E-state index is 9.13. The van der Waals surface area contributed by atoms with Crippen molar-refractivity contribution in [2.24, 2.45) is 0 Å². The zero-order valence-corrected chi connectivity index (χ0v) is 12.6. The minimum absolute atomic E-state index is 0.275. The molecular weight excluding hydrogens is 298 g/mol. The van der Waals surface area contributed by atoms with Gasteiger partial charge in [0.05, 0.1) is 17.1 Å². The summed E-state index contributed by atoms with van der Waals surface area (Å²) in [6.07, 6.45) is 0.723. The number of hydrogen-bond donors (Lipinski definition) is 0. The molecule has 22 heavy (non-hydrogen) atoms. The summed E-state index contributed by atoms with van der Waals surface area (Å²) >= 11 is 1.69. The molecule has 0 bridgehead atoms. The first kappa shape index (κ1) is 13.2. The zero-order chi connectivity index (χ0) is 14.9. The fraction of sp³-hybridized carbons (Fsp3) is 0.250. The van der Waals surface area contributed by atoms with Crippen LogP contribution in [0.1, 0.15) is 10.7 Å². The third kappa shape index (κ3) is 2.20. The van der Waals surface area contributed by atoms with E-state index in [1.165, 1.54) is 4.88 Å². The van der Waals surface area contributed by atoms with Gasteiger partial charge in [0, 0.05) is 23.4 Å². The van der Waals surface area contributed by atoms with Crippen molar-refractivity contribution < 1.29 is 9.47 Å². The molecular formula is C16H13N3O2S. The van der Waals surface area contributed by atoms with Gasteiger partial charge in [-0.1, -0.05) is 6.07 Å². The van der Waals surface area contributed by atoms with Gasteiger partial charge in [-0.3, -0.25) is 0 Å². The van der Waals surface area contributed by atoms with Crippen LogP contribution in [0.15, 0.2) is 29.6 Å². The fourth-order valence-corrected chi connectivity index (χ4v) is 3.36. The highest BCUT2D eigenvalue weighted by atomic mass is 32.1. The topological polar surface area (TPSA) is 60.1 Å². The summed E-state index contributed by atoms with van der Waals surface area (Å²) in [7, 11) is 0. The largest absolute Gasteiger partial charge is 0.486 e. The van der Waals surface area contributed by atoms with Gasteiger partial charge < -0.3 is 14.0 Å². The van der Waals surface area contributed by atoms with Gasteiger partial charge >= 0.3 is 0 Å². The Bertz CT molecular complexity index is 862. The predicted octanol–water partition coefficient (Wildman–Crippen LogP) is 2.98. The van der Waals surface area contributed by atoms with Crippen molar-refractivity contribution in [1.29, 1.82) is 5.26 Å². The molecule has 0 atom stereocenters. The van der Waals surface area contributed by atoms with Gasteiger partial charge in [-0.25, -0.2) is 4.98 Å². The molecule has 1 aromatic carbocycles. The number of imidazole rings is 1. The molecule has 2 aromatic heterocycles. The van der Waals surface area contributed by atoms with E-state index in [-0.39, 0.29) is 6.54 Å². The van der Waals surface area contributed by atoms with E-state index in [1.54, 1.807) is 11.3 Å². The smallest absolute Gasteiger partial charge is 0.163 e. The molecule has 0 amide bonds. The van der Waals surface area contributed by atoms with E-state index in [2.05, 4.69) is 12.1 Å². The van der Waals surface area contributed by atoms with Crippen LogP contribution in [0.3, 0.4) is 0 Å². The van der Waals surface area contributed by atoms with Crippen molar-refractivity contribution in [3.8, 4) is 17.6 Å². The Morgan fingerprint density at radius 3 is 2.82 bits per heavy atom. The Hall–Kier alpha value is -2.52. The number of nitriles is 1. The van der Waals surface area contributed by atoms with E-state index in [4.69, 9.17) is 19.7 Å². The van der Waals surface area contributed by atoms with E-state index in [9.17, 15) is 0 Å². The van der Waals surface area contributed by atoms with Crippen LogP contribution in [-0.2, 0) is 13.0 Å². The van der Waals surface area contributed by atoms with Crippen molar-refractivity contribution in [1.82, 2.24) is 9.55 Å². The molecule has 1 aliphatic rings. The lowest BCUT2D eigenvalue weighted by molar-refractivity contribution is 0.172. The molecule has 0 fully saturated rings. The minimum Gasteiger partial charge on any atom is -0.486 e. The van der Waals surface area contributed by atoms with Crippen molar-refractivity contribution in [3.63, 3.8) is 0 Å². The highest BCUT2D eigenvalue weighted by molar-refractivity contribution is 7.09. The van der Waals surface area contributed by atoms with Crippen molar-refractivity contribution in [2.75, 3.05) is 13.2 Å². The van der Waals surface area contributed by atoms with Gasteiger partial charge in [-0.15, -0.1) is 11.3 Å². The lowest BCUT2D eigenvalue weighted by Gasteiger charge is -2.18. The first-order valence-electron chi connectivity index (χ1n) is 7.03. The molecule has 110 valence electrons. The van der Waals surface area contributed by atoms with E-state index in [0.717, 1.165) is 34.8 Å². The monoisotopic (exact) mass is 311 g/mol. The number of nitrogens with zero attached hydrogens (tertiary/aromatic N) is 3. The van der Waals surface area contributed by atoms with Gasteiger partial charge in [-0.05, 0) is 11.4 Å². The first-order valence-corrected chi connectivity index (χ1v) is 7.91. The van der Waals surface area contributed by atoms with Crippen molar-refractivity contribution >= 4 is 22.4 Å². The second kappa shape index (κ2) is 5.35. The Balaban J connectivity index is 1.85. The number of thiophene rings is 1.